The fourth-order valence-electron chi connectivity index (χ4n) is 2.38. The lowest BCUT2D eigenvalue weighted by Crippen LogP contribution is -2.31. The zero-order valence-corrected chi connectivity index (χ0v) is 13.4. The summed E-state index contributed by atoms with van der Waals surface area (Å²) in [6, 6.07) is 10.7. The van der Waals surface area contributed by atoms with E-state index in [9.17, 15) is 14.7 Å². The predicted octanol–water partition coefficient (Wildman–Crippen LogP) is 3.99. The Bertz CT molecular complexity index is 676. The van der Waals surface area contributed by atoms with Crippen LogP contribution in [0.5, 0.6) is 0 Å². The summed E-state index contributed by atoms with van der Waals surface area (Å²) < 4.78 is 5.50. The van der Waals surface area contributed by atoms with E-state index in [2.05, 4.69) is 6.92 Å². The van der Waals surface area contributed by atoms with Gasteiger partial charge in [-0.25, -0.2) is 4.79 Å². The minimum absolute atomic E-state index is 0.0550. The molecule has 2 aromatic rings. The van der Waals surface area contributed by atoms with Crippen LogP contribution in [0.25, 0.3) is 0 Å². The zero-order chi connectivity index (χ0) is 16.8. The second-order valence-corrected chi connectivity index (χ2v) is 5.25. The number of hydrogen-bond donors (Lipinski definition) is 1. The normalized spacial score (nSPS) is 10.5. The Morgan fingerprint density at radius 2 is 1.87 bits per heavy atom. The SMILES string of the molecule is CCCCN(C(=O)c1cc(C(=O)O)c(CC)o1)c1ccccc1. The molecule has 23 heavy (non-hydrogen) atoms. The maximum absolute atomic E-state index is 12.8. The van der Waals surface area contributed by atoms with Gasteiger partial charge in [-0.1, -0.05) is 38.5 Å². The van der Waals surface area contributed by atoms with Gasteiger partial charge < -0.3 is 14.4 Å². The van der Waals surface area contributed by atoms with Gasteiger partial charge in [-0.3, -0.25) is 4.79 Å². The van der Waals surface area contributed by atoms with Crippen molar-refractivity contribution in [2.45, 2.75) is 33.1 Å². The first-order valence-electron chi connectivity index (χ1n) is 7.81. The van der Waals surface area contributed by atoms with Gasteiger partial charge in [0.05, 0.1) is 0 Å². The fourth-order valence-corrected chi connectivity index (χ4v) is 2.38. The molecule has 5 heteroatoms. The number of amides is 1. The molecule has 122 valence electrons. The highest BCUT2D eigenvalue weighted by molar-refractivity contribution is 6.05. The molecule has 0 aliphatic heterocycles. The van der Waals surface area contributed by atoms with Crippen LogP contribution in [0.2, 0.25) is 0 Å². The Kier molecular flexibility index (Phi) is 5.57. The Hall–Kier alpha value is -2.56. The quantitative estimate of drug-likeness (QED) is 0.838. The number of hydrogen-bond acceptors (Lipinski definition) is 3. The number of carbonyl (C=O) groups excluding carboxylic acids is 1. The lowest BCUT2D eigenvalue weighted by atomic mass is 10.2. The van der Waals surface area contributed by atoms with Crippen molar-refractivity contribution in [3.8, 4) is 0 Å². The molecule has 1 aromatic heterocycles. The van der Waals surface area contributed by atoms with Gasteiger partial charge in [0, 0.05) is 24.7 Å². The molecule has 2 rings (SSSR count). The van der Waals surface area contributed by atoms with E-state index < -0.39 is 5.97 Å². The predicted molar refractivity (Wildman–Crippen MR) is 88.1 cm³/mol. The first-order valence-corrected chi connectivity index (χ1v) is 7.81. The Morgan fingerprint density at radius 1 is 1.17 bits per heavy atom. The van der Waals surface area contributed by atoms with Gasteiger partial charge in [0.1, 0.15) is 11.3 Å². The average Bonchev–Trinajstić information content (AvgIpc) is 3.00. The molecule has 5 nitrogen and oxygen atoms in total. The van der Waals surface area contributed by atoms with Crippen molar-refractivity contribution in [2.75, 3.05) is 11.4 Å². The minimum atomic E-state index is -1.08. The van der Waals surface area contributed by atoms with Crippen LogP contribution in [-0.4, -0.2) is 23.5 Å². The van der Waals surface area contributed by atoms with Gasteiger partial charge in [-0.2, -0.15) is 0 Å². The van der Waals surface area contributed by atoms with Crippen molar-refractivity contribution in [3.63, 3.8) is 0 Å². The van der Waals surface area contributed by atoms with E-state index in [1.54, 1.807) is 11.8 Å². The van der Waals surface area contributed by atoms with E-state index in [1.807, 2.05) is 30.3 Å². The molecular formula is C18H21NO4. The number of benzene rings is 1. The van der Waals surface area contributed by atoms with Crippen LogP contribution in [-0.2, 0) is 6.42 Å². The molecule has 0 fully saturated rings. The summed E-state index contributed by atoms with van der Waals surface area (Å²) in [5.74, 6) is -1.00. The first kappa shape index (κ1) is 16.8. The summed E-state index contributed by atoms with van der Waals surface area (Å²) in [5.41, 5.74) is 0.830. The van der Waals surface area contributed by atoms with E-state index in [1.165, 1.54) is 6.07 Å². The van der Waals surface area contributed by atoms with Crippen molar-refractivity contribution < 1.29 is 19.1 Å². The topological polar surface area (TPSA) is 70.8 Å². The number of nitrogens with zero attached hydrogens (tertiary/aromatic N) is 1. The highest BCUT2D eigenvalue weighted by Gasteiger charge is 2.24. The third-order valence-electron chi connectivity index (χ3n) is 3.62. The van der Waals surface area contributed by atoms with Crippen LogP contribution < -0.4 is 4.90 Å². The lowest BCUT2D eigenvalue weighted by Gasteiger charge is -2.21. The summed E-state index contributed by atoms with van der Waals surface area (Å²) in [7, 11) is 0. The van der Waals surface area contributed by atoms with Crippen molar-refractivity contribution in [2.24, 2.45) is 0 Å². The summed E-state index contributed by atoms with van der Waals surface area (Å²) in [6.07, 6.45) is 2.23. The number of para-hydroxylation sites is 1. The molecule has 0 atom stereocenters. The second-order valence-electron chi connectivity index (χ2n) is 5.25. The highest BCUT2D eigenvalue weighted by Crippen LogP contribution is 2.22. The molecule has 1 amide bonds. The molecule has 0 saturated carbocycles. The Balaban J connectivity index is 2.35. The van der Waals surface area contributed by atoms with Crippen LogP contribution in [0.15, 0.2) is 40.8 Å². The number of unbranched alkanes of at least 4 members (excludes halogenated alkanes) is 1. The number of carbonyl (C=O) groups is 2. The molecule has 0 aliphatic carbocycles. The van der Waals surface area contributed by atoms with Crippen molar-refractivity contribution in [1.82, 2.24) is 0 Å². The number of carboxylic acid groups (broad SMARTS) is 1. The van der Waals surface area contributed by atoms with Crippen molar-refractivity contribution >= 4 is 17.6 Å². The Morgan fingerprint density at radius 3 is 2.39 bits per heavy atom. The molecule has 0 radical (unpaired) electrons. The monoisotopic (exact) mass is 315 g/mol. The van der Waals surface area contributed by atoms with Crippen LogP contribution >= 0.6 is 0 Å². The van der Waals surface area contributed by atoms with E-state index in [0.29, 0.717) is 18.7 Å². The number of aromatic carboxylic acids is 1. The fraction of sp³-hybridized carbons (Fsp3) is 0.333. The van der Waals surface area contributed by atoms with E-state index >= 15 is 0 Å². The lowest BCUT2D eigenvalue weighted by molar-refractivity contribution is 0.0694. The summed E-state index contributed by atoms with van der Waals surface area (Å²) >= 11 is 0. The smallest absolute Gasteiger partial charge is 0.339 e. The van der Waals surface area contributed by atoms with Crippen LogP contribution in [0.4, 0.5) is 5.69 Å². The maximum atomic E-state index is 12.8. The van der Waals surface area contributed by atoms with Gasteiger partial charge in [-0.15, -0.1) is 0 Å². The minimum Gasteiger partial charge on any atom is -0.478 e. The largest absolute Gasteiger partial charge is 0.478 e. The highest BCUT2D eigenvalue weighted by atomic mass is 16.4. The average molecular weight is 315 g/mol. The third-order valence-corrected chi connectivity index (χ3v) is 3.62. The van der Waals surface area contributed by atoms with E-state index in [-0.39, 0.29) is 17.2 Å². The van der Waals surface area contributed by atoms with E-state index in [4.69, 9.17) is 4.42 Å². The van der Waals surface area contributed by atoms with Gasteiger partial charge in [0.25, 0.3) is 5.91 Å². The number of rotatable bonds is 7. The number of aryl methyl sites for hydroxylation is 1. The molecule has 0 aliphatic rings. The summed E-state index contributed by atoms with van der Waals surface area (Å²) in [4.78, 5) is 25.7. The molecule has 1 aromatic carbocycles. The van der Waals surface area contributed by atoms with Crippen LogP contribution in [0, 0.1) is 0 Å². The number of carboxylic acids is 1. The maximum Gasteiger partial charge on any atom is 0.339 e. The second kappa shape index (κ2) is 7.63. The Labute approximate surface area is 135 Å². The zero-order valence-electron chi connectivity index (χ0n) is 13.4. The molecule has 0 spiro atoms. The van der Waals surface area contributed by atoms with Gasteiger partial charge in [-0.05, 0) is 18.6 Å². The van der Waals surface area contributed by atoms with Gasteiger partial charge in [0.2, 0.25) is 0 Å². The molecule has 0 unspecified atom stereocenters. The molecular weight excluding hydrogens is 294 g/mol. The third kappa shape index (κ3) is 3.80. The molecule has 1 N–H and O–H groups in total. The summed E-state index contributed by atoms with van der Waals surface area (Å²) in [5, 5.41) is 9.20. The number of anilines is 1. The molecule has 0 saturated heterocycles. The van der Waals surface area contributed by atoms with Crippen LogP contribution in [0.3, 0.4) is 0 Å². The van der Waals surface area contributed by atoms with Gasteiger partial charge >= 0.3 is 5.97 Å². The standard InChI is InChI=1S/C18H21NO4/c1-3-5-11-19(13-9-7-6-8-10-13)17(20)16-12-14(18(21)22)15(4-2)23-16/h6-10,12H,3-5,11H2,1-2H3,(H,21,22). The van der Waals surface area contributed by atoms with Crippen molar-refractivity contribution in [1.29, 1.82) is 0 Å². The summed E-state index contributed by atoms with van der Waals surface area (Å²) in [6.45, 7) is 4.41. The number of furan rings is 1. The van der Waals surface area contributed by atoms with Crippen LogP contribution in [0.1, 0.15) is 53.4 Å². The first-order chi connectivity index (χ1) is 11.1. The molecule has 1 heterocycles. The van der Waals surface area contributed by atoms with Crippen molar-refractivity contribution in [3.05, 3.63) is 53.5 Å². The molecule has 0 bridgehead atoms. The van der Waals surface area contributed by atoms with E-state index in [0.717, 1.165) is 18.5 Å². The van der Waals surface area contributed by atoms with Gasteiger partial charge in [0.15, 0.2) is 5.76 Å².